The van der Waals surface area contributed by atoms with E-state index in [2.05, 4.69) is 4.72 Å². The van der Waals surface area contributed by atoms with Gasteiger partial charge in [-0.3, -0.25) is 14.8 Å². The molecule has 0 bridgehead atoms. The van der Waals surface area contributed by atoms with E-state index in [0.29, 0.717) is 3.57 Å². The Hall–Kier alpha value is -1.75. The van der Waals surface area contributed by atoms with Crippen molar-refractivity contribution in [3.05, 3.63) is 62.0 Å². The third-order valence-corrected chi connectivity index (χ3v) is 4.83. The lowest BCUT2D eigenvalue weighted by molar-refractivity contribution is -0.387. The van der Waals surface area contributed by atoms with Crippen molar-refractivity contribution >= 4 is 44.0 Å². The maximum atomic E-state index is 13.0. The largest absolute Gasteiger partial charge is 0.289 e. The highest BCUT2D eigenvalue weighted by molar-refractivity contribution is 14.1. The molecular weight excluding hydrogens is 414 g/mol. The summed E-state index contributed by atoms with van der Waals surface area (Å²) in [7, 11) is -4.14. The number of nitro benzene ring substituents is 1. The molecule has 2 rings (SSSR count). The maximum absolute atomic E-state index is 13.0. The second-order valence-corrected chi connectivity index (χ2v) is 6.77. The lowest BCUT2D eigenvalue weighted by Crippen LogP contribution is -2.15. The summed E-state index contributed by atoms with van der Waals surface area (Å²) in [5.41, 5.74) is -0.378. The van der Waals surface area contributed by atoms with Crippen LogP contribution in [0.3, 0.4) is 0 Å². The van der Waals surface area contributed by atoms with Crippen molar-refractivity contribution in [2.75, 3.05) is 4.72 Å². The quantitative estimate of drug-likeness (QED) is 0.466. The van der Waals surface area contributed by atoms with Gasteiger partial charge in [0.15, 0.2) is 4.90 Å². The fourth-order valence-electron chi connectivity index (χ4n) is 1.61. The average Bonchev–Trinajstić information content (AvgIpc) is 2.42. The fourth-order valence-corrected chi connectivity index (χ4v) is 3.66. The molecule has 21 heavy (non-hydrogen) atoms. The van der Waals surface area contributed by atoms with Crippen LogP contribution in [0.5, 0.6) is 0 Å². The molecule has 0 radical (unpaired) electrons. The Morgan fingerprint density at radius 3 is 2.48 bits per heavy atom. The second kappa shape index (κ2) is 5.93. The Morgan fingerprint density at radius 1 is 1.19 bits per heavy atom. The molecule has 110 valence electrons. The zero-order valence-electron chi connectivity index (χ0n) is 10.3. The van der Waals surface area contributed by atoms with Gasteiger partial charge in [-0.25, -0.2) is 12.8 Å². The third-order valence-electron chi connectivity index (χ3n) is 2.53. The molecule has 0 aliphatic rings. The Morgan fingerprint density at radius 2 is 1.86 bits per heavy atom. The number of hydrogen-bond acceptors (Lipinski definition) is 4. The number of sulfonamides is 1. The number of nitro groups is 1. The normalized spacial score (nSPS) is 11.1. The van der Waals surface area contributed by atoms with E-state index in [-0.39, 0.29) is 5.69 Å². The smallest absolute Gasteiger partial charge is 0.278 e. The molecule has 0 atom stereocenters. The van der Waals surface area contributed by atoms with Gasteiger partial charge in [-0.2, -0.15) is 0 Å². The van der Waals surface area contributed by atoms with E-state index < -0.39 is 31.3 Å². The van der Waals surface area contributed by atoms with Gasteiger partial charge in [0, 0.05) is 9.64 Å². The number of anilines is 1. The van der Waals surface area contributed by atoms with Crippen molar-refractivity contribution < 1.29 is 17.7 Å². The summed E-state index contributed by atoms with van der Waals surface area (Å²) >= 11 is 1.77. The van der Waals surface area contributed by atoms with E-state index in [1.807, 2.05) is 0 Å². The second-order valence-electron chi connectivity index (χ2n) is 3.95. The molecule has 9 heteroatoms. The molecule has 0 saturated heterocycles. The Kier molecular flexibility index (Phi) is 4.42. The summed E-state index contributed by atoms with van der Waals surface area (Å²) in [5.74, 6) is -0.506. The van der Waals surface area contributed by atoms with Gasteiger partial charge in [-0.05, 0) is 46.9 Å². The van der Waals surface area contributed by atoms with E-state index in [1.165, 1.54) is 18.2 Å². The highest BCUT2D eigenvalue weighted by atomic mass is 127. The number of hydrogen-bond donors (Lipinski definition) is 1. The zero-order chi connectivity index (χ0) is 15.6. The van der Waals surface area contributed by atoms with Gasteiger partial charge in [-0.1, -0.05) is 12.1 Å². The highest BCUT2D eigenvalue weighted by Gasteiger charge is 2.25. The number of para-hydroxylation sites is 1. The molecule has 0 aliphatic heterocycles. The molecule has 2 aromatic rings. The molecule has 0 unspecified atom stereocenters. The van der Waals surface area contributed by atoms with Gasteiger partial charge >= 0.3 is 0 Å². The monoisotopic (exact) mass is 422 g/mol. The standard InChI is InChI=1S/C12H8FIN2O4S/c13-8-5-6-10(9(14)7-8)15-21(19,20)12-4-2-1-3-11(12)16(17)18/h1-7,15H. The van der Waals surface area contributed by atoms with Crippen LogP contribution in [0.15, 0.2) is 47.4 Å². The van der Waals surface area contributed by atoms with Crippen LogP contribution >= 0.6 is 22.6 Å². The van der Waals surface area contributed by atoms with Crippen LogP contribution < -0.4 is 4.72 Å². The van der Waals surface area contributed by atoms with Crippen molar-refractivity contribution in [2.24, 2.45) is 0 Å². The van der Waals surface area contributed by atoms with Gasteiger partial charge in [0.2, 0.25) is 0 Å². The number of nitrogens with zero attached hydrogens (tertiary/aromatic N) is 1. The SMILES string of the molecule is O=[N+]([O-])c1ccccc1S(=O)(=O)Nc1ccc(F)cc1I. The predicted octanol–water partition coefficient (Wildman–Crippen LogP) is 3.14. The van der Waals surface area contributed by atoms with Gasteiger partial charge < -0.3 is 0 Å². The van der Waals surface area contributed by atoms with Crippen molar-refractivity contribution in [1.29, 1.82) is 0 Å². The lowest BCUT2D eigenvalue weighted by Gasteiger charge is -2.10. The first-order chi connectivity index (χ1) is 9.81. The van der Waals surface area contributed by atoms with Crippen molar-refractivity contribution in [2.45, 2.75) is 4.90 Å². The fraction of sp³-hybridized carbons (Fsp3) is 0. The first-order valence-electron chi connectivity index (χ1n) is 5.52. The minimum absolute atomic E-state index is 0.148. The number of nitrogens with one attached hydrogen (secondary N) is 1. The molecule has 2 aromatic carbocycles. The van der Waals surface area contributed by atoms with Crippen molar-refractivity contribution in [1.82, 2.24) is 0 Å². The van der Waals surface area contributed by atoms with Crippen LogP contribution in [-0.2, 0) is 10.0 Å². The van der Waals surface area contributed by atoms with E-state index >= 15 is 0 Å². The Balaban J connectivity index is 2.46. The van der Waals surface area contributed by atoms with Crippen LogP contribution in [-0.4, -0.2) is 13.3 Å². The molecule has 0 aliphatic carbocycles. The first-order valence-corrected chi connectivity index (χ1v) is 8.09. The van der Waals surface area contributed by atoms with Crippen molar-refractivity contribution in [3.8, 4) is 0 Å². The molecule has 6 nitrogen and oxygen atoms in total. The van der Waals surface area contributed by atoms with Gasteiger partial charge in [0.25, 0.3) is 15.7 Å². The summed E-state index contributed by atoms with van der Waals surface area (Å²) in [6.45, 7) is 0. The Labute approximate surface area is 133 Å². The van der Waals surface area contributed by atoms with Crippen LogP contribution in [0.2, 0.25) is 0 Å². The molecule has 1 N–H and O–H groups in total. The Bertz CT molecular complexity index is 811. The molecular formula is C12H8FIN2O4S. The number of rotatable bonds is 4. The van der Waals surface area contributed by atoms with Crippen LogP contribution in [0.25, 0.3) is 0 Å². The highest BCUT2D eigenvalue weighted by Crippen LogP contribution is 2.27. The van der Waals surface area contributed by atoms with Crippen molar-refractivity contribution in [3.63, 3.8) is 0 Å². The summed E-state index contributed by atoms with van der Waals surface area (Å²) < 4.78 is 40.1. The van der Waals surface area contributed by atoms with E-state index in [9.17, 15) is 22.9 Å². The number of benzene rings is 2. The summed E-state index contributed by atoms with van der Waals surface area (Å²) in [5, 5.41) is 10.9. The molecule has 0 aromatic heterocycles. The average molecular weight is 422 g/mol. The van der Waals surface area contributed by atoms with Gasteiger partial charge in [0.05, 0.1) is 10.6 Å². The summed E-state index contributed by atoms with van der Waals surface area (Å²) in [6.07, 6.45) is 0. The molecule has 0 spiro atoms. The molecule has 0 amide bonds. The third kappa shape index (κ3) is 3.47. The minimum atomic E-state index is -4.14. The predicted molar refractivity (Wildman–Crippen MR) is 83.0 cm³/mol. The summed E-state index contributed by atoms with van der Waals surface area (Å²) in [6, 6.07) is 8.50. The maximum Gasteiger partial charge on any atom is 0.289 e. The van der Waals surface area contributed by atoms with Crippen LogP contribution in [0, 0.1) is 19.5 Å². The first kappa shape index (κ1) is 15.6. The van der Waals surface area contributed by atoms with E-state index in [0.717, 1.165) is 24.3 Å². The number of halogens is 2. The van der Waals surface area contributed by atoms with Gasteiger partial charge in [0.1, 0.15) is 5.82 Å². The topological polar surface area (TPSA) is 89.3 Å². The molecule has 0 heterocycles. The zero-order valence-corrected chi connectivity index (χ0v) is 13.3. The van der Waals surface area contributed by atoms with E-state index in [4.69, 9.17) is 0 Å². The molecule has 0 saturated carbocycles. The van der Waals surface area contributed by atoms with Crippen LogP contribution in [0.1, 0.15) is 0 Å². The van der Waals surface area contributed by atoms with Gasteiger partial charge in [-0.15, -0.1) is 0 Å². The van der Waals surface area contributed by atoms with Crippen LogP contribution in [0.4, 0.5) is 15.8 Å². The minimum Gasteiger partial charge on any atom is -0.278 e. The summed E-state index contributed by atoms with van der Waals surface area (Å²) in [4.78, 5) is 9.67. The van der Waals surface area contributed by atoms with E-state index in [1.54, 1.807) is 22.6 Å². The molecule has 0 fully saturated rings. The lowest BCUT2D eigenvalue weighted by atomic mass is 10.3.